The Kier molecular flexibility index (Phi) is 4.25. The van der Waals surface area contributed by atoms with Crippen molar-refractivity contribution < 1.29 is 9.32 Å². The molecule has 0 bridgehead atoms. The Morgan fingerprint density at radius 2 is 2.16 bits per heavy atom. The van der Waals surface area contributed by atoms with Crippen molar-refractivity contribution in [1.82, 2.24) is 20.8 Å². The van der Waals surface area contributed by atoms with Crippen LogP contribution >= 0.6 is 0 Å². The van der Waals surface area contributed by atoms with Crippen molar-refractivity contribution in [3.8, 4) is 11.3 Å². The van der Waals surface area contributed by atoms with Crippen LogP contribution in [0.1, 0.15) is 17.4 Å². The number of hydrogen-bond acceptors (Lipinski definition) is 5. The maximum absolute atomic E-state index is 11.8. The van der Waals surface area contributed by atoms with Gasteiger partial charge in [-0.15, -0.1) is 0 Å². The predicted octanol–water partition coefficient (Wildman–Crippen LogP) is 1.07. The molecule has 0 saturated heterocycles. The number of nitrogens with zero attached hydrogens (tertiary/aromatic N) is 2. The van der Waals surface area contributed by atoms with Gasteiger partial charge in [0, 0.05) is 36.6 Å². The van der Waals surface area contributed by atoms with Crippen molar-refractivity contribution in [3.63, 3.8) is 0 Å². The molecule has 1 atom stereocenters. The molecule has 0 aliphatic rings. The topological polar surface area (TPSA) is 80.0 Å². The van der Waals surface area contributed by atoms with Crippen molar-refractivity contribution in [2.45, 2.75) is 13.0 Å². The van der Waals surface area contributed by atoms with Gasteiger partial charge in [0.1, 0.15) is 0 Å². The number of likely N-dealkylation sites (N-methyl/N-ethyl adjacent to an activating group) is 1. The van der Waals surface area contributed by atoms with E-state index in [0.29, 0.717) is 12.3 Å². The number of rotatable bonds is 5. The summed E-state index contributed by atoms with van der Waals surface area (Å²) in [7, 11) is 1.84. The fraction of sp³-hybridized carbons (Fsp3) is 0.308. The molecule has 0 saturated carbocycles. The third kappa shape index (κ3) is 3.38. The summed E-state index contributed by atoms with van der Waals surface area (Å²) in [5, 5.41) is 9.58. The Morgan fingerprint density at radius 3 is 2.84 bits per heavy atom. The van der Waals surface area contributed by atoms with E-state index in [1.807, 2.05) is 14.0 Å². The second-order valence-electron chi connectivity index (χ2n) is 4.21. The summed E-state index contributed by atoms with van der Waals surface area (Å²) >= 11 is 0. The molecule has 2 aromatic heterocycles. The van der Waals surface area contributed by atoms with E-state index in [0.717, 1.165) is 5.56 Å². The molecule has 0 aromatic carbocycles. The molecule has 2 N–H and O–H groups in total. The van der Waals surface area contributed by atoms with Gasteiger partial charge in [-0.2, -0.15) is 0 Å². The Balaban J connectivity index is 2.03. The lowest BCUT2D eigenvalue weighted by Crippen LogP contribution is -2.37. The Labute approximate surface area is 111 Å². The van der Waals surface area contributed by atoms with Crippen LogP contribution in [0.4, 0.5) is 0 Å². The van der Waals surface area contributed by atoms with E-state index in [1.165, 1.54) is 0 Å². The average Bonchev–Trinajstić information content (AvgIpc) is 2.95. The molecule has 0 radical (unpaired) electrons. The molecule has 6 nitrogen and oxygen atoms in total. The summed E-state index contributed by atoms with van der Waals surface area (Å²) < 4.78 is 5.15. The number of carbonyl (C=O) groups is 1. The molecule has 2 heterocycles. The maximum atomic E-state index is 11.8. The van der Waals surface area contributed by atoms with Crippen LogP contribution in [0.2, 0.25) is 0 Å². The summed E-state index contributed by atoms with van der Waals surface area (Å²) in [6.07, 6.45) is 3.32. The third-order valence-electron chi connectivity index (χ3n) is 2.77. The minimum atomic E-state index is -0.244. The fourth-order valence-electron chi connectivity index (χ4n) is 1.47. The van der Waals surface area contributed by atoms with Gasteiger partial charge in [0.05, 0.1) is 0 Å². The van der Waals surface area contributed by atoms with Crippen molar-refractivity contribution in [3.05, 3.63) is 36.3 Å². The van der Waals surface area contributed by atoms with Gasteiger partial charge < -0.3 is 15.2 Å². The lowest BCUT2D eigenvalue weighted by Gasteiger charge is -2.09. The van der Waals surface area contributed by atoms with E-state index in [9.17, 15) is 4.79 Å². The van der Waals surface area contributed by atoms with Gasteiger partial charge in [-0.1, -0.05) is 5.16 Å². The van der Waals surface area contributed by atoms with E-state index < -0.39 is 0 Å². The van der Waals surface area contributed by atoms with Gasteiger partial charge in [0.25, 0.3) is 5.91 Å². The standard InChI is InChI=1S/C13H16N4O2/c1-9(14-2)8-16-13(18)11-7-12(19-17-11)10-3-5-15-6-4-10/h3-7,9,14H,8H2,1-2H3,(H,16,18). The van der Waals surface area contributed by atoms with Crippen LogP contribution in [-0.4, -0.2) is 35.7 Å². The Bertz CT molecular complexity index is 539. The molecule has 0 aliphatic carbocycles. The summed E-state index contributed by atoms with van der Waals surface area (Å²) in [6.45, 7) is 2.51. The first-order valence-corrected chi connectivity index (χ1v) is 6.03. The molecule has 2 aromatic rings. The lowest BCUT2D eigenvalue weighted by molar-refractivity contribution is 0.0941. The van der Waals surface area contributed by atoms with Crippen LogP contribution in [0.5, 0.6) is 0 Å². The maximum Gasteiger partial charge on any atom is 0.273 e. The van der Waals surface area contributed by atoms with Crippen molar-refractivity contribution in [2.24, 2.45) is 0 Å². The molecule has 0 spiro atoms. The van der Waals surface area contributed by atoms with Crippen LogP contribution < -0.4 is 10.6 Å². The Hall–Kier alpha value is -2.21. The number of pyridine rings is 1. The molecular formula is C13H16N4O2. The van der Waals surface area contributed by atoms with Crippen molar-refractivity contribution >= 4 is 5.91 Å². The summed E-state index contributed by atoms with van der Waals surface area (Å²) in [5.74, 6) is 0.306. The molecule has 1 unspecified atom stereocenters. The van der Waals surface area contributed by atoms with Crippen LogP contribution in [0.25, 0.3) is 11.3 Å². The van der Waals surface area contributed by atoms with E-state index in [1.54, 1.807) is 30.6 Å². The molecule has 100 valence electrons. The first-order chi connectivity index (χ1) is 9.20. The number of aromatic nitrogens is 2. The molecule has 0 fully saturated rings. The number of hydrogen-bond donors (Lipinski definition) is 2. The normalized spacial score (nSPS) is 12.1. The van der Waals surface area contributed by atoms with Gasteiger partial charge in [-0.05, 0) is 26.1 Å². The highest BCUT2D eigenvalue weighted by Crippen LogP contribution is 2.18. The lowest BCUT2D eigenvalue weighted by atomic mass is 10.2. The van der Waals surface area contributed by atoms with Crippen LogP contribution in [0.3, 0.4) is 0 Å². The molecule has 1 amide bonds. The molecule has 0 aliphatic heterocycles. The van der Waals surface area contributed by atoms with Crippen molar-refractivity contribution in [2.75, 3.05) is 13.6 Å². The highest BCUT2D eigenvalue weighted by Gasteiger charge is 2.13. The van der Waals surface area contributed by atoms with Gasteiger partial charge in [0.2, 0.25) is 0 Å². The SMILES string of the molecule is CNC(C)CNC(=O)c1cc(-c2ccncc2)on1. The van der Waals surface area contributed by atoms with Crippen LogP contribution in [0.15, 0.2) is 35.1 Å². The summed E-state index contributed by atoms with van der Waals surface area (Å²) in [4.78, 5) is 15.8. The monoisotopic (exact) mass is 260 g/mol. The Morgan fingerprint density at radius 1 is 1.42 bits per heavy atom. The minimum Gasteiger partial charge on any atom is -0.355 e. The molecular weight excluding hydrogens is 244 g/mol. The average molecular weight is 260 g/mol. The minimum absolute atomic E-state index is 0.204. The number of carbonyl (C=O) groups excluding carboxylic acids is 1. The molecule has 19 heavy (non-hydrogen) atoms. The quantitative estimate of drug-likeness (QED) is 0.840. The highest BCUT2D eigenvalue weighted by molar-refractivity contribution is 5.93. The van der Waals surface area contributed by atoms with Crippen LogP contribution in [0, 0.1) is 0 Å². The largest absolute Gasteiger partial charge is 0.355 e. The predicted molar refractivity (Wildman–Crippen MR) is 70.6 cm³/mol. The van der Waals surface area contributed by atoms with E-state index >= 15 is 0 Å². The highest BCUT2D eigenvalue weighted by atomic mass is 16.5. The zero-order valence-corrected chi connectivity index (χ0v) is 10.9. The third-order valence-corrected chi connectivity index (χ3v) is 2.77. The zero-order chi connectivity index (χ0) is 13.7. The first kappa shape index (κ1) is 13.2. The molecule has 6 heteroatoms. The van der Waals surface area contributed by atoms with Gasteiger partial charge in [-0.3, -0.25) is 9.78 Å². The van der Waals surface area contributed by atoms with Crippen molar-refractivity contribution in [1.29, 1.82) is 0 Å². The summed E-state index contributed by atoms with van der Waals surface area (Å²) in [6, 6.07) is 5.42. The summed E-state index contributed by atoms with van der Waals surface area (Å²) in [5.41, 5.74) is 1.11. The number of amides is 1. The van der Waals surface area contributed by atoms with E-state index in [4.69, 9.17) is 4.52 Å². The second kappa shape index (κ2) is 6.10. The zero-order valence-electron chi connectivity index (χ0n) is 10.9. The van der Waals surface area contributed by atoms with Crippen LogP contribution in [-0.2, 0) is 0 Å². The molecule has 2 rings (SSSR count). The van der Waals surface area contributed by atoms with Gasteiger partial charge in [-0.25, -0.2) is 0 Å². The second-order valence-corrected chi connectivity index (χ2v) is 4.21. The fourth-order valence-corrected chi connectivity index (χ4v) is 1.47. The van der Waals surface area contributed by atoms with E-state index in [-0.39, 0.29) is 17.6 Å². The van der Waals surface area contributed by atoms with E-state index in [2.05, 4.69) is 20.8 Å². The van der Waals surface area contributed by atoms with Gasteiger partial charge in [0.15, 0.2) is 11.5 Å². The number of nitrogens with one attached hydrogen (secondary N) is 2. The smallest absolute Gasteiger partial charge is 0.273 e. The first-order valence-electron chi connectivity index (χ1n) is 6.03. The van der Waals surface area contributed by atoms with Gasteiger partial charge >= 0.3 is 0 Å².